The zero-order valence-electron chi connectivity index (χ0n) is 22.5. The maximum atomic E-state index is 13.7. The van der Waals surface area contributed by atoms with Crippen LogP contribution in [-0.4, -0.2) is 75.2 Å². The Bertz CT molecular complexity index is 1180. The number of hydrogen-bond acceptors (Lipinski definition) is 6. The molecule has 0 aliphatic carbocycles. The molecule has 3 amide bonds. The second-order valence-corrected chi connectivity index (χ2v) is 11.9. The molecule has 2 aliphatic heterocycles. The number of benzene rings is 1. The molecule has 3 heterocycles. The smallest absolute Gasteiger partial charge is 0.254 e. The molecule has 4 rings (SSSR count). The molecule has 4 unspecified atom stereocenters. The molecule has 2 aliphatic rings. The number of thiophene rings is 1. The van der Waals surface area contributed by atoms with Crippen molar-refractivity contribution >= 4 is 34.8 Å². The molecule has 0 spiro atoms. The molecule has 2 saturated heterocycles. The highest BCUT2D eigenvalue weighted by molar-refractivity contribution is 7.13. The number of rotatable bonds is 9. The Labute approximate surface area is 228 Å². The lowest BCUT2D eigenvalue weighted by molar-refractivity contribution is -0.151. The first-order valence-electron chi connectivity index (χ1n) is 13.3. The predicted molar refractivity (Wildman–Crippen MR) is 147 cm³/mol. The van der Waals surface area contributed by atoms with Crippen molar-refractivity contribution in [3.05, 3.63) is 47.3 Å². The normalized spacial score (nSPS) is 21.4. The van der Waals surface area contributed by atoms with E-state index in [4.69, 9.17) is 0 Å². The molecule has 9 heteroatoms. The van der Waals surface area contributed by atoms with Crippen LogP contribution in [0.15, 0.2) is 41.8 Å². The highest BCUT2D eigenvalue weighted by Crippen LogP contribution is 2.33. The number of aliphatic hydroxyl groups is 1. The summed E-state index contributed by atoms with van der Waals surface area (Å²) in [5.74, 6) is -1.20. The van der Waals surface area contributed by atoms with Crippen LogP contribution in [0.2, 0.25) is 0 Å². The van der Waals surface area contributed by atoms with E-state index in [-0.39, 0.29) is 30.1 Å². The molecular formula is C29H37N3O5S. The van der Waals surface area contributed by atoms with Gasteiger partial charge < -0.3 is 20.2 Å². The van der Waals surface area contributed by atoms with Gasteiger partial charge in [-0.25, -0.2) is 0 Å². The van der Waals surface area contributed by atoms with Crippen molar-refractivity contribution in [1.29, 1.82) is 0 Å². The van der Waals surface area contributed by atoms with Gasteiger partial charge in [-0.3, -0.25) is 19.2 Å². The number of ketones is 1. The number of nitrogens with one attached hydrogen (secondary N) is 1. The van der Waals surface area contributed by atoms with E-state index >= 15 is 0 Å². The number of fused-ring (bicyclic) bond motifs is 1. The summed E-state index contributed by atoms with van der Waals surface area (Å²) in [6.45, 7) is 7.53. The summed E-state index contributed by atoms with van der Waals surface area (Å²) in [6.07, 6.45) is 1.82. The van der Waals surface area contributed by atoms with Crippen molar-refractivity contribution in [1.82, 2.24) is 15.1 Å². The average molecular weight is 540 g/mol. The van der Waals surface area contributed by atoms with Crippen molar-refractivity contribution in [3.63, 3.8) is 0 Å². The maximum Gasteiger partial charge on any atom is 0.254 e. The van der Waals surface area contributed by atoms with Crippen molar-refractivity contribution in [2.75, 3.05) is 13.1 Å². The van der Waals surface area contributed by atoms with Gasteiger partial charge in [0, 0.05) is 17.0 Å². The minimum absolute atomic E-state index is 0.115. The summed E-state index contributed by atoms with van der Waals surface area (Å²) >= 11 is 1.62. The monoisotopic (exact) mass is 539 g/mol. The van der Waals surface area contributed by atoms with E-state index in [2.05, 4.69) is 5.32 Å². The van der Waals surface area contributed by atoms with Crippen LogP contribution < -0.4 is 5.32 Å². The topological polar surface area (TPSA) is 107 Å². The van der Waals surface area contributed by atoms with Gasteiger partial charge in [-0.05, 0) is 61.2 Å². The predicted octanol–water partition coefficient (Wildman–Crippen LogP) is 3.49. The third-order valence-corrected chi connectivity index (χ3v) is 8.35. The zero-order chi connectivity index (χ0) is 27.6. The lowest BCUT2D eigenvalue weighted by Gasteiger charge is -2.31. The SMILES string of the molecule is CCCC(C)(O)C(=O)N1CC(=O)C2C1CCN2C(=O)C(CC(C)C)NC(=O)c1ccc(-c2cccs2)cc1. The van der Waals surface area contributed by atoms with Crippen LogP contribution in [0.3, 0.4) is 0 Å². The number of likely N-dealkylation sites (tertiary alicyclic amines) is 2. The lowest BCUT2D eigenvalue weighted by Crippen LogP contribution is -2.53. The first kappa shape index (κ1) is 28.0. The third kappa shape index (κ3) is 5.68. The third-order valence-electron chi connectivity index (χ3n) is 7.43. The van der Waals surface area contributed by atoms with Gasteiger partial charge in [0.15, 0.2) is 5.78 Å². The minimum atomic E-state index is -1.55. The fourth-order valence-electron chi connectivity index (χ4n) is 5.61. The molecule has 38 heavy (non-hydrogen) atoms. The van der Waals surface area contributed by atoms with Crippen LogP contribution in [0.5, 0.6) is 0 Å². The molecule has 8 nitrogen and oxygen atoms in total. The highest BCUT2D eigenvalue weighted by atomic mass is 32.1. The van der Waals surface area contributed by atoms with Crippen LogP contribution in [0, 0.1) is 5.92 Å². The van der Waals surface area contributed by atoms with Gasteiger partial charge in [-0.2, -0.15) is 0 Å². The summed E-state index contributed by atoms with van der Waals surface area (Å²) in [4.78, 5) is 57.0. The van der Waals surface area contributed by atoms with Crippen molar-refractivity contribution in [3.8, 4) is 10.4 Å². The summed E-state index contributed by atoms with van der Waals surface area (Å²) in [5, 5.41) is 15.6. The second-order valence-electron chi connectivity index (χ2n) is 11.0. The highest BCUT2D eigenvalue weighted by Gasteiger charge is 2.54. The standard InChI is InChI=1S/C29H37N3O5S/c1-5-13-29(4,37)28(36)32-17-23(33)25-22(32)12-14-31(25)27(35)21(16-18(2)3)30-26(34)20-10-8-19(9-11-20)24-7-6-15-38-24/h6-11,15,18,21-22,25,37H,5,12-14,16-17H2,1-4H3,(H,30,34). The Kier molecular flexibility index (Phi) is 8.37. The molecule has 2 fully saturated rings. The van der Waals surface area contributed by atoms with Crippen LogP contribution in [-0.2, 0) is 14.4 Å². The molecule has 1 aromatic heterocycles. The molecule has 2 N–H and O–H groups in total. The Balaban J connectivity index is 1.48. The van der Waals surface area contributed by atoms with Gasteiger partial charge in [0.1, 0.15) is 17.7 Å². The minimum Gasteiger partial charge on any atom is -0.380 e. The molecule has 2 aromatic rings. The number of carbonyl (C=O) groups excluding carboxylic acids is 4. The van der Waals surface area contributed by atoms with Gasteiger partial charge in [-0.1, -0.05) is 45.4 Å². The number of carbonyl (C=O) groups is 4. The van der Waals surface area contributed by atoms with E-state index in [1.807, 2.05) is 50.4 Å². The molecular weight excluding hydrogens is 502 g/mol. The fraction of sp³-hybridized carbons (Fsp3) is 0.517. The van der Waals surface area contributed by atoms with E-state index in [9.17, 15) is 24.3 Å². The van der Waals surface area contributed by atoms with Crippen LogP contribution in [0.1, 0.15) is 63.7 Å². The van der Waals surface area contributed by atoms with Gasteiger partial charge in [-0.15, -0.1) is 11.3 Å². The van der Waals surface area contributed by atoms with E-state index in [1.54, 1.807) is 23.5 Å². The largest absolute Gasteiger partial charge is 0.380 e. The van der Waals surface area contributed by atoms with E-state index in [0.717, 1.165) is 10.4 Å². The molecule has 204 valence electrons. The second kappa shape index (κ2) is 11.4. The average Bonchev–Trinajstić information content (AvgIpc) is 3.62. The van der Waals surface area contributed by atoms with Crippen LogP contribution in [0.25, 0.3) is 10.4 Å². The first-order chi connectivity index (χ1) is 18.0. The van der Waals surface area contributed by atoms with Gasteiger partial charge in [0.25, 0.3) is 11.8 Å². The van der Waals surface area contributed by atoms with Crippen molar-refractivity contribution < 1.29 is 24.3 Å². The Morgan fingerprint density at radius 3 is 2.47 bits per heavy atom. The number of Topliss-reactive ketones (excluding diaryl/α,β-unsaturated/α-hetero) is 1. The van der Waals surface area contributed by atoms with Gasteiger partial charge in [0.2, 0.25) is 5.91 Å². The number of nitrogens with zero attached hydrogens (tertiary/aromatic N) is 2. The molecule has 1 aromatic carbocycles. The summed E-state index contributed by atoms with van der Waals surface area (Å²) < 4.78 is 0. The Morgan fingerprint density at radius 2 is 1.87 bits per heavy atom. The molecule has 0 radical (unpaired) electrons. The van der Waals surface area contributed by atoms with Crippen molar-refractivity contribution in [2.45, 2.75) is 77.1 Å². The lowest BCUT2D eigenvalue weighted by atomic mass is 9.98. The fourth-order valence-corrected chi connectivity index (χ4v) is 6.34. The van der Waals surface area contributed by atoms with Crippen molar-refractivity contribution in [2.24, 2.45) is 5.92 Å². The van der Waals surface area contributed by atoms with Crippen LogP contribution >= 0.6 is 11.3 Å². The van der Waals surface area contributed by atoms with Gasteiger partial charge in [0.05, 0.1) is 12.6 Å². The first-order valence-corrected chi connectivity index (χ1v) is 14.2. The summed E-state index contributed by atoms with van der Waals surface area (Å²) in [5.41, 5.74) is -0.0709. The number of hydrogen-bond donors (Lipinski definition) is 2. The quantitative estimate of drug-likeness (QED) is 0.507. The maximum absolute atomic E-state index is 13.7. The van der Waals surface area contributed by atoms with Gasteiger partial charge >= 0.3 is 0 Å². The van der Waals surface area contributed by atoms with E-state index in [1.165, 1.54) is 16.7 Å². The van der Waals surface area contributed by atoms with Crippen LogP contribution in [0.4, 0.5) is 0 Å². The molecule has 0 saturated carbocycles. The Hall–Kier alpha value is -3.04. The summed E-state index contributed by atoms with van der Waals surface area (Å²) in [7, 11) is 0. The number of amides is 3. The Morgan fingerprint density at radius 1 is 1.16 bits per heavy atom. The van der Waals surface area contributed by atoms with E-state index < -0.39 is 29.6 Å². The van der Waals surface area contributed by atoms with E-state index in [0.29, 0.717) is 37.8 Å². The molecule has 4 atom stereocenters. The molecule has 0 bridgehead atoms. The summed E-state index contributed by atoms with van der Waals surface area (Å²) in [6, 6.07) is 9.27. The zero-order valence-corrected chi connectivity index (χ0v) is 23.3.